The van der Waals surface area contributed by atoms with E-state index in [0.29, 0.717) is 0 Å². The van der Waals surface area contributed by atoms with Crippen LogP contribution in [0.5, 0.6) is 0 Å². The summed E-state index contributed by atoms with van der Waals surface area (Å²) in [5, 5.41) is 4.41. The van der Waals surface area contributed by atoms with Crippen LogP contribution in [0.1, 0.15) is 17.2 Å². The minimum absolute atomic E-state index is 0.0184. The van der Waals surface area contributed by atoms with Crippen molar-refractivity contribution in [1.29, 1.82) is 0 Å². The summed E-state index contributed by atoms with van der Waals surface area (Å²) in [6, 6.07) is 14.0. The molecule has 0 spiro atoms. The van der Waals surface area contributed by atoms with Gasteiger partial charge in [-0.2, -0.15) is 5.10 Å². The molecule has 1 unspecified atom stereocenters. The molecule has 0 amide bonds. The quantitative estimate of drug-likeness (QED) is 0.554. The normalized spacial score (nSPS) is 12.2. The summed E-state index contributed by atoms with van der Waals surface area (Å²) in [7, 11) is 0. The minimum atomic E-state index is 0.0184. The fraction of sp³-hybridized carbons (Fsp3) is 0.125. The Balaban J connectivity index is 1.81. The lowest BCUT2D eigenvalue weighted by Crippen LogP contribution is -2.29. The number of hydrogen-bond acceptors (Lipinski definition) is 4. The zero-order valence-corrected chi connectivity index (χ0v) is 11.6. The first-order valence-corrected chi connectivity index (χ1v) is 6.82. The van der Waals surface area contributed by atoms with Crippen LogP contribution in [0.15, 0.2) is 67.3 Å². The largest absolute Gasteiger partial charge is 0.271 e. The van der Waals surface area contributed by atoms with Crippen molar-refractivity contribution < 1.29 is 0 Å². The zero-order chi connectivity index (χ0) is 14.5. The molecule has 0 radical (unpaired) electrons. The van der Waals surface area contributed by atoms with E-state index in [-0.39, 0.29) is 6.04 Å². The van der Waals surface area contributed by atoms with Crippen molar-refractivity contribution in [3.63, 3.8) is 0 Å². The lowest BCUT2D eigenvalue weighted by atomic mass is 10.0. The second kappa shape index (κ2) is 6.30. The number of hydrogen-bond donors (Lipinski definition) is 2. The van der Waals surface area contributed by atoms with Gasteiger partial charge in [0.2, 0.25) is 0 Å². The number of rotatable bonds is 5. The highest BCUT2D eigenvalue weighted by atomic mass is 15.3. The summed E-state index contributed by atoms with van der Waals surface area (Å²) in [6.07, 6.45) is 8.21. The summed E-state index contributed by atoms with van der Waals surface area (Å²) in [5.74, 6) is 5.70. The second-order valence-corrected chi connectivity index (χ2v) is 4.83. The van der Waals surface area contributed by atoms with E-state index in [9.17, 15) is 0 Å². The molecule has 1 aromatic carbocycles. The van der Waals surface area contributed by atoms with Crippen molar-refractivity contribution in [2.24, 2.45) is 5.84 Å². The average Bonchev–Trinajstić information content (AvgIpc) is 3.04. The van der Waals surface area contributed by atoms with E-state index in [1.54, 1.807) is 12.4 Å². The first-order chi connectivity index (χ1) is 10.4. The van der Waals surface area contributed by atoms with Gasteiger partial charge < -0.3 is 0 Å². The van der Waals surface area contributed by atoms with E-state index in [1.807, 2.05) is 59.5 Å². The van der Waals surface area contributed by atoms with Gasteiger partial charge in [0.25, 0.3) is 0 Å². The predicted molar refractivity (Wildman–Crippen MR) is 81.6 cm³/mol. The Labute approximate surface area is 123 Å². The zero-order valence-electron chi connectivity index (χ0n) is 11.6. The molecular formula is C16H17N5. The van der Waals surface area contributed by atoms with E-state index in [2.05, 4.69) is 15.5 Å². The summed E-state index contributed by atoms with van der Waals surface area (Å²) in [6.45, 7) is 0. The molecule has 0 fully saturated rings. The highest BCUT2D eigenvalue weighted by molar-refractivity contribution is 5.31. The second-order valence-electron chi connectivity index (χ2n) is 4.83. The summed E-state index contributed by atoms with van der Waals surface area (Å²) < 4.78 is 1.85. The Morgan fingerprint density at radius 1 is 1.10 bits per heavy atom. The third kappa shape index (κ3) is 3.16. The number of nitrogens with zero attached hydrogens (tertiary/aromatic N) is 3. The molecule has 106 valence electrons. The molecule has 3 aromatic rings. The van der Waals surface area contributed by atoms with Gasteiger partial charge >= 0.3 is 0 Å². The van der Waals surface area contributed by atoms with Crippen LogP contribution in [0.2, 0.25) is 0 Å². The standard InChI is InChI=1S/C16H17N5/c17-20-16(10-13-6-8-18-9-7-13)14-11-19-21(12-14)15-4-2-1-3-5-15/h1-9,11-12,16,20H,10,17H2. The lowest BCUT2D eigenvalue weighted by molar-refractivity contribution is 0.551. The number of nitrogens with two attached hydrogens (primary N) is 1. The SMILES string of the molecule is NNC(Cc1ccncc1)c1cnn(-c2ccccc2)c1. The van der Waals surface area contributed by atoms with Crippen molar-refractivity contribution in [3.05, 3.63) is 78.4 Å². The molecule has 0 saturated heterocycles. The van der Waals surface area contributed by atoms with Crippen LogP contribution >= 0.6 is 0 Å². The molecule has 0 aliphatic carbocycles. The minimum Gasteiger partial charge on any atom is -0.271 e. The van der Waals surface area contributed by atoms with Crippen molar-refractivity contribution in [2.45, 2.75) is 12.5 Å². The first kappa shape index (κ1) is 13.5. The Morgan fingerprint density at radius 3 is 2.57 bits per heavy atom. The van der Waals surface area contributed by atoms with E-state index >= 15 is 0 Å². The molecule has 5 heteroatoms. The molecule has 5 nitrogen and oxygen atoms in total. The fourth-order valence-electron chi connectivity index (χ4n) is 2.27. The highest BCUT2D eigenvalue weighted by Crippen LogP contribution is 2.18. The molecule has 0 aliphatic heterocycles. The van der Waals surface area contributed by atoms with Crippen LogP contribution in [0, 0.1) is 0 Å². The molecule has 0 aliphatic rings. The smallest absolute Gasteiger partial charge is 0.0645 e. The third-order valence-electron chi connectivity index (χ3n) is 3.42. The van der Waals surface area contributed by atoms with Gasteiger partial charge in [-0.3, -0.25) is 16.3 Å². The molecular weight excluding hydrogens is 262 g/mol. The van der Waals surface area contributed by atoms with Crippen LogP contribution in [-0.2, 0) is 6.42 Å². The maximum absolute atomic E-state index is 5.70. The Bertz CT molecular complexity index is 678. The Hall–Kier alpha value is -2.50. The van der Waals surface area contributed by atoms with E-state index < -0.39 is 0 Å². The molecule has 21 heavy (non-hydrogen) atoms. The number of aromatic nitrogens is 3. The van der Waals surface area contributed by atoms with Crippen molar-refractivity contribution in [1.82, 2.24) is 20.2 Å². The lowest BCUT2D eigenvalue weighted by Gasteiger charge is -2.13. The van der Waals surface area contributed by atoms with Crippen LogP contribution in [-0.4, -0.2) is 14.8 Å². The van der Waals surface area contributed by atoms with Crippen LogP contribution < -0.4 is 11.3 Å². The van der Waals surface area contributed by atoms with Gasteiger partial charge in [-0.15, -0.1) is 0 Å². The van der Waals surface area contributed by atoms with Crippen molar-refractivity contribution in [2.75, 3.05) is 0 Å². The molecule has 3 N–H and O–H groups in total. The van der Waals surface area contributed by atoms with Gasteiger partial charge in [0, 0.05) is 24.2 Å². The van der Waals surface area contributed by atoms with Gasteiger partial charge in [-0.05, 0) is 36.2 Å². The van der Waals surface area contributed by atoms with Gasteiger partial charge in [-0.1, -0.05) is 18.2 Å². The monoisotopic (exact) mass is 279 g/mol. The number of pyridine rings is 1. The average molecular weight is 279 g/mol. The first-order valence-electron chi connectivity index (χ1n) is 6.82. The summed E-state index contributed by atoms with van der Waals surface area (Å²) in [5.41, 5.74) is 6.12. The predicted octanol–water partition coefficient (Wildman–Crippen LogP) is 2.01. The number of benzene rings is 1. The number of para-hydroxylation sites is 1. The van der Waals surface area contributed by atoms with Gasteiger partial charge in [0.1, 0.15) is 0 Å². The Morgan fingerprint density at radius 2 is 1.86 bits per heavy atom. The van der Waals surface area contributed by atoms with Crippen molar-refractivity contribution >= 4 is 0 Å². The van der Waals surface area contributed by atoms with Crippen LogP contribution in [0.25, 0.3) is 5.69 Å². The van der Waals surface area contributed by atoms with Gasteiger partial charge in [-0.25, -0.2) is 4.68 Å². The molecule has 0 saturated carbocycles. The van der Waals surface area contributed by atoms with E-state index in [0.717, 1.165) is 17.7 Å². The summed E-state index contributed by atoms with van der Waals surface area (Å²) in [4.78, 5) is 4.03. The van der Waals surface area contributed by atoms with Gasteiger partial charge in [0.15, 0.2) is 0 Å². The van der Waals surface area contributed by atoms with E-state index in [4.69, 9.17) is 5.84 Å². The number of hydrazine groups is 1. The van der Waals surface area contributed by atoms with Crippen LogP contribution in [0.3, 0.4) is 0 Å². The number of nitrogens with one attached hydrogen (secondary N) is 1. The topological polar surface area (TPSA) is 68.8 Å². The molecule has 3 rings (SSSR count). The molecule has 0 bridgehead atoms. The molecule has 2 aromatic heterocycles. The molecule has 2 heterocycles. The van der Waals surface area contributed by atoms with Crippen molar-refractivity contribution in [3.8, 4) is 5.69 Å². The highest BCUT2D eigenvalue weighted by Gasteiger charge is 2.13. The van der Waals surface area contributed by atoms with E-state index in [1.165, 1.54) is 5.56 Å². The molecule has 1 atom stereocenters. The maximum Gasteiger partial charge on any atom is 0.0645 e. The fourth-order valence-corrected chi connectivity index (χ4v) is 2.27. The van der Waals surface area contributed by atoms with Crippen LogP contribution in [0.4, 0.5) is 0 Å². The Kier molecular flexibility index (Phi) is 4.04. The maximum atomic E-state index is 5.70. The third-order valence-corrected chi connectivity index (χ3v) is 3.42. The van der Waals surface area contributed by atoms with Gasteiger partial charge in [0.05, 0.1) is 17.9 Å². The summed E-state index contributed by atoms with van der Waals surface area (Å²) >= 11 is 0.